The summed E-state index contributed by atoms with van der Waals surface area (Å²) in [6, 6.07) is 10.8. The summed E-state index contributed by atoms with van der Waals surface area (Å²) in [6.45, 7) is 0. The minimum Gasteiger partial charge on any atom is -0.490 e. The van der Waals surface area contributed by atoms with Crippen molar-refractivity contribution in [1.29, 1.82) is 0 Å². The molecule has 2 aromatic rings. The third kappa shape index (κ3) is 2.83. The fraction of sp³-hybridized carbons (Fsp3) is 0.375. The largest absolute Gasteiger partial charge is 0.490 e. The van der Waals surface area contributed by atoms with Gasteiger partial charge in [0.05, 0.1) is 16.4 Å². The van der Waals surface area contributed by atoms with Crippen LogP contribution in [0.3, 0.4) is 0 Å². The zero-order valence-corrected chi connectivity index (χ0v) is 11.7. The molecule has 0 radical (unpaired) electrons. The third-order valence-corrected chi connectivity index (χ3v) is 4.07. The SMILES string of the molecule is NC1CCC(Oc2ccc([N+](=O)[O-])c3ccccc23)CC1. The summed E-state index contributed by atoms with van der Waals surface area (Å²) in [4.78, 5) is 10.7. The molecule has 0 unspecified atom stereocenters. The Morgan fingerprint density at radius 2 is 1.71 bits per heavy atom. The van der Waals surface area contributed by atoms with Crippen molar-refractivity contribution in [3.05, 3.63) is 46.5 Å². The maximum atomic E-state index is 11.1. The zero-order valence-electron chi connectivity index (χ0n) is 11.7. The van der Waals surface area contributed by atoms with Crippen molar-refractivity contribution in [3.8, 4) is 5.75 Å². The Hall–Kier alpha value is -2.14. The quantitative estimate of drug-likeness (QED) is 0.693. The Morgan fingerprint density at radius 1 is 1.05 bits per heavy atom. The van der Waals surface area contributed by atoms with Crippen molar-refractivity contribution in [2.75, 3.05) is 0 Å². The standard InChI is InChI=1S/C16H18N2O3/c17-11-5-7-12(8-6-11)21-16-10-9-15(18(19)20)13-3-1-2-4-14(13)16/h1-4,9-12H,5-8,17H2. The minimum atomic E-state index is -0.355. The molecule has 1 fully saturated rings. The topological polar surface area (TPSA) is 78.4 Å². The van der Waals surface area contributed by atoms with E-state index in [4.69, 9.17) is 10.5 Å². The van der Waals surface area contributed by atoms with E-state index in [1.165, 1.54) is 6.07 Å². The van der Waals surface area contributed by atoms with Gasteiger partial charge in [-0.2, -0.15) is 0 Å². The highest BCUT2D eigenvalue weighted by molar-refractivity contribution is 5.95. The molecule has 1 aliphatic rings. The average molecular weight is 286 g/mol. The lowest BCUT2D eigenvalue weighted by molar-refractivity contribution is -0.383. The van der Waals surface area contributed by atoms with Crippen LogP contribution in [0.25, 0.3) is 10.8 Å². The summed E-state index contributed by atoms with van der Waals surface area (Å²) < 4.78 is 6.07. The number of fused-ring (bicyclic) bond motifs is 1. The van der Waals surface area contributed by atoms with Crippen LogP contribution in [0.2, 0.25) is 0 Å². The van der Waals surface area contributed by atoms with Gasteiger partial charge in [-0.05, 0) is 37.8 Å². The molecule has 2 aromatic carbocycles. The van der Waals surface area contributed by atoms with Gasteiger partial charge in [-0.1, -0.05) is 18.2 Å². The van der Waals surface area contributed by atoms with Gasteiger partial charge in [0.25, 0.3) is 5.69 Å². The lowest BCUT2D eigenvalue weighted by Crippen LogP contribution is -2.31. The van der Waals surface area contributed by atoms with E-state index in [1.54, 1.807) is 18.2 Å². The number of benzene rings is 2. The number of nitro benzene ring substituents is 1. The molecule has 0 bridgehead atoms. The molecule has 21 heavy (non-hydrogen) atoms. The first-order valence-corrected chi connectivity index (χ1v) is 7.23. The normalized spacial score (nSPS) is 22.1. The van der Waals surface area contributed by atoms with E-state index < -0.39 is 0 Å². The molecule has 0 amide bonds. The van der Waals surface area contributed by atoms with Gasteiger partial charge >= 0.3 is 0 Å². The third-order valence-electron chi connectivity index (χ3n) is 4.07. The predicted molar refractivity (Wildman–Crippen MR) is 81.5 cm³/mol. The maximum absolute atomic E-state index is 11.1. The molecule has 1 saturated carbocycles. The van der Waals surface area contributed by atoms with E-state index in [-0.39, 0.29) is 22.8 Å². The van der Waals surface area contributed by atoms with Crippen molar-refractivity contribution in [2.24, 2.45) is 5.73 Å². The second-order valence-corrected chi connectivity index (χ2v) is 5.54. The van der Waals surface area contributed by atoms with Gasteiger partial charge in [-0.3, -0.25) is 10.1 Å². The van der Waals surface area contributed by atoms with E-state index >= 15 is 0 Å². The molecule has 0 spiro atoms. The monoisotopic (exact) mass is 286 g/mol. The molecule has 0 saturated heterocycles. The van der Waals surface area contributed by atoms with E-state index in [1.807, 2.05) is 12.1 Å². The fourth-order valence-corrected chi connectivity index (χ4v) is 2.90. The summed E-state index contributed by atoms with van der Waals surface area (Å²) in [6.07, 6.45) is 3.96. The van der Waals surface area contributed by atoms with Crippen LogP contribution in [0.4, 0.5) is 5.69 Å². The van der Waals surface area contributed by atoms with E-state index in [2.05, 4.69) is 0 Å². The van der Waals surface area contributed by atoms with Gasteiger partial charge in [0.15, 0.2) is 0 Å². The van der Waals surface area contributed by atoms with Crippen LogP contribution in [0.5, 0.6) is 5.75 Å². The van der Waals surface area contributed by atoms with E-state index in [0.717, 1.165) is 36.8 Å². The van der Waals surface area contributed by atoms with Crippen LogP contribution in [-0.4, -0.2) is 17.1 Å². The fourth-order valence-electron chi connectivity index (χ4n) is 2.90. The van der Waals surface area contributed by atoms with Gasteiger partial charge < -0.3 is 10.5 Å². The Kier molecular flexibility index (Phi) is 3.75. The van der Waals surface area contributed by atoms with Crippen LogP contribution in [-0.2, 0) is 0 Å². The first-order valence-electron chi connectivity index (χ1n) is 7.23. The zero-order chi connectivity index (χ0) is 14.8. The summed E-state index contributed by atoms with van der Waals surface area (Å²) in [5.41, 5.74) is 6.02. The van der Waals surface area contributed by atoms with Gasteiger partial charge in [0.1, 0.15) is 5.75 Å². The average Bonchev–Trinajstić information content (AvgIpc) is 2.49. The predicted octanol–water partition coefficient (Wildman–Crippen LogP) is 3.40. The molecule has 3 rings (SSSR count). The first kappa shape index (κ1) is 13.8. The summed E-state index contributed by atoms with van der Waals surface area (Å²) in [5.74, 6) is 0.719. The first-order chi connectivity index (χ1) is 10.1. The van der Waals surface area contributed by atoms with Crippen LogP contribution >= 0.6 is 0 Å². The van der Waals surface area contributed by atoms with Gasteiger partial charge in [-0.25, -0.2) is 0 Å². The number of nitrogens with zero attached hydrogens (tertiary/aromatic N) is 1. The second-order valence-electron chi connectivity index (χ2n) is 5.54. The molecule has 1 aliphatic carbocycles. The van der Waals surface area contributed by atoms with Crippen LogP contribution in [0.15, 0.2) is 36.4 Å². The lowest BCUT2D eigenvalue weighted by atomic mass is 9.93. The van der Waals surface area contributed by atoms with Crippen molar-refractivity contribution < 1.29 is 9.66 Å². The van der Waals surface area contributed by atoms with Crippen molar-refractivity contribution in [2.45, 2.75) is 37.8 Å². The molecule has 2 N–H and O–H groups in total. The number of ether oxygens (including phenoxy) is 1. The van der Waals surface area contributed by atoms with Crippen molar-refractivity contribution in [3.63, 3.8) is 0 Å². The lowest BCUT2D eigenvalue weighted by Gasteiger charge is -2.27. The Morgan fingerprint density at radius 3 is 2.38 bits per heavy atom. The van der Waals surface area contributed by atoms with Gasteiger partial charge in [0, 0.05) is 17.5 Å². The Labute approximate surface area is 122 Å². The van der Waals surface area contributed by atoms with E-state index in [9.17, 15) is 10.1 Å². The number of hydrogen-bond donors (Lipinski definition) is 1. The summed E-state index contributed by atoms with van der Waals surface area (Å²) in [5, 5.41) is 12.5. The second kappa shape index (κ2) is 5.69. The van der Waals surface area contributed by atoms with Crippen LogP contribution in [0, 0.1) is 10.1 Å². The molecular weight excluding hydrogens is 268 g/mol. The molecule has 110 valence electrons. The number of rotatable bonds is 3. The highest BCUT2D eigenvalue weighted by Crippen LogP contribution is 2.34. The highest BCUT2D eigenvalue weighted by atomic mass is 16.6. The maximum Gasteiger partial charge on any atom is 0.277 e. The molecule has 0 atom stereocenters. The van der Waals surface area contributed by atoms with Crippen LogP contribution < -0.4 is 10.5 Å². The number of non-ortho nitro benzene ring substituents is 1. The molecule has 5 nitrogen and oxygen atoms in total. The van der Waals surface area contributed by atoms with Gasteiger partial charge in [-0.15, -0.1) is 0 Å². The van der Waals surface area contributed by atoms with Crippen LogP contribution in [0.1, 0.15) is 25.7 Å². The van der Waals surface area contributed by atoms with Crippen molar-refractivity contribution >= 4 is 16.5 Å². The Bertz CT molecular complexity index is 664. The molecular formula is C16H18N2O3. The number of nitro groups is 1. The highest BCUT2D eigenvalue weighted by Gasteiger charge is 2.21. The van der Waals surface area contributed by atoms with E-state index in [0.29, 0.717) is 5.39 Å². The smallest absolute Gasteiger partial charge is 0.277 e. The number of nitrogens with two attached hydrogens (primary N) is 1. The number of hydrogen-bond acceptors (Lipinski definition) is 4. The minimum absolute atomic E-state index is 0.114. The summed E-state index contributed by atoms with van der Waals surface area (Å²) in [7, 11) is 0. The molecule has 0 aliphatic heterocycles. The van der Waals surface area contributed by atoms with Gasteiger partial charge in [0.2, 0.25) is 0 Å². The summed E-state index contributed by atoms with van der Waals surface area (Å²) >= 11 is 0. The molecule has 0 aromatic heterocycles. The molecule has 0 heterocycles. The Balaban J connectivity index is 1.93. The van der Waals surface area contributed by atoms with Crippen molar-refractivity contribution in [1.82, 2.24) is 0 Å². The molecule has 5 heteroatoms.